The van der Waals surface area contributed by atoms with Crippen LogP contribution in [0.2, 0.25) is 0 Å². The lowest BCUT2D eigenvalue weighted by molar-refractivity contribution is -0.116. The number of carbonyl (C=O) groups excluding carboxylic acids is 2. The van der Waals surface area contributed by atoms with Gasteiger partial charge in [0.15, 0.2) is 11.6 Å². The van der Waals surface area contributed by atoms with Crippen LogP contribution in [0.4, 0.5) is 5.82 Å². The SMILES string of the molecule is CCCc1cc(NC(=O)CN(C)C(=O)c2ccco2)n[nH]1. The number of rotatable bonds is 6. The van der Waals surface area contributed by atoms with Crippen molar-refractivity contribution < 1.29 is 14.0 Å². The van der Waals surface area contributed by atoms with E-state index in [1.54, 1.807) is 18.2 Å². The molecule has 7 heteroatoms. The van der Waals surface area contributed by atoms with Crippen molar-refractivity contribution >= 4 is 17.6 Å². The van der Waals surface area contributed by atoms with E-state index in [4.69, 9.17) is 4.42 Å². The van der Waals surface area contributed by atoms with Gasteiger partial charge in [-0.2, -0.15) is 5.10 Å². The summed E-state index contributed by atoms with van der Waals surface area (Å²) < 4.78 is 5.01. The Morgan fingerprint density at radius 1 is 1.48 bits per heavy atom. The molecule has 0 saturated carbocycles. The molecule has 7 nitrogen and oxygen atoms in total. The molecular weight excluding hydrogens is 272 g/mol. The van der Waals surface area contributed by atoms with Crippen molar-refractivity contribution in [1.82, 2.24) is 15.1 Å². The molecule has 0 aromatic carbocycles. The second-order valence-corrected chi connectivity index (χ2v) is 4.72. The first-order chi connectivity index (χ1) is 10.1. The summed E-state index contributed by atoms with van der Waals surface area (Å²) in [4.78, 5) is 25.1. The number of nitrogens with one attached hydrogen (secondary N) is 2. The number of furan rings is 1. The topological polar surface area (TPSA) is 91.2 Å². The van der Waals surface area contributed by atoms with Gasteiger partial charge in [0.25, 0.3) is 5.91 Å². The van der Waals surface area contributed by atoms with Crippen LogP contribution in [0.15, 0.2) is 28.9 Å². The predicted molar refractivity (Wildman–Crippen MR) is 76.9 cm³/mol. The first-order valence-corrected chi connectivity index (χ1v) is 6.73. The van der Waals surface area contributed by atoms with E-state index in [-0.39, 0.29) is 24.1 Å². The lowest BCUT2D eigenvalue weighted by Gasteiger charge is -2.14. The van der Waals surface area contributed by atoms with E-state index in [9.17, 15) is 9.59 Å². The van der Waals surface area contributed by atoms with Gasteiger partial charge < -0.3 is 14.6 Å². The van der Waals surface area contributed by atoms with Crippen LogP contribution >= 0.6 is 0 Å². The van der Waals surface area contributed by atoms with E-state index in [2.05, 4.69) is 22.4 Å². The van der Waals surface area contributed by atoms with Gasteiger partial charge in [-0.3, -0.25) is 14.7 Å². The molecule has 0 fully saturated rings. The molecule has 2 aromatic heterocycles. The first-order valence-electron chi connectivity index (χ1n) is 6.73. The molecule has 0 spiro atoms. The third-order valence-corrected chi connectivity index (χ3v) is 2.88. The molecule has 0 aliphatic carbocycles. The molecular formula is C14H18N4O3. The van der Waals surface area contributed by atoms with E-state index in [0.29, 0.717) is 5.82 Å². The number of likely N-dealkylation sites (N-methyl/N-ethyl adjacent to an activating group) is 1. The predicted octanol–water partition coefficient (Wildman–Crippen LogP) is 1.67. The van der Waals surface area contributed by atoms with Crippen molar-refractivity contribution in [3.05, 3.63) is 35.9 Å². The van der Waals surface area contributed by atoms with Gasteiger partial charge in [-0.05, 0) is 18.6 Å². The monoisotopic (exact) mass is 290 g/mol. The van der Waals surface area contributed by atoms with Crippen molar-refractivity contribution in [2.75, 3.05) is 18.9 Å². The Balaban J connectivity index is 1.87. The van der Waals surface area contributed by atoms with Crippen LogP contribution in [-0.4, -0.2) is 40.5 Å². The summed E-state index contributed by atoms with van der Waals surface area (Å²) in [5.41, 5.74) is 0.966. The minimum absolute atomic E-state index is 0.0739. The number of hydrogen-bond acceptors (Lipinski definition) is 4. The zero-order chi connectivity index (χ0) is 15.2. The van der Waals surface area contributed by atoms with E-state index in [1.807, 2.05) is 0 Å². The number of anilines is 1. The fraction of sp³-hybridized carbons (Fsp3) is 0.357. The third-order valence-electron chi connectivity index (χ3n) is 2.88. The van der Waals surface area contributed by atoms with Gasteiger partial charge >= 0.3 is 0 Å². The Bertz CT molecular complexity index is 604. The third kappa shape index (κ3) is 3.95. The molecule has 0 saturated heterocycles. The fourth-order valence-electron chi connectivity index (χ4n) is 1.88. The first kappa shape index (κ1) is 14.8. The minimum atomic E-state index is -0.344. The molecule has 0 bridgehead atoms. The normalized spacial score (nSPS) is 10.4. The maximum absolute atomic E-state index is 11.9. The summed E-state index contributed by atoms with van der Waals surface area (Å²) >= 11 is 0. The van der Waals surface area contributed by atoms with Crippen LogP contribution in [0.3, 0.4) is 0 Å². The smallest absolute Gasteiger partial charge is 0.289 e. The average molecular weight is 290 g/mol. The average Bonchev–Trinajstić information content (AvgIpc) is 3.10. The fourth-order valence-corrected chi connectivity index (χ4v) is 1.88. The van der Waals surface area contributed by atoms with Crippen molar-refractivity contribution in [3.8, 4) is 0 Å². The quantitative estimate of drug-likeness (QED) is 0.846. The van der Waals surface area contributed by atoms with Crippen LogP contribution in [-0.2, 0) is 11.2 Å². The molecule has 2 rings (SSSR count). The van der Waals surface area contributed by atoms with Gasteiger partial charge in [-0.1, -0.05) is 13.3 Å². The van der Waals surface area contributed by atoms with E-state index in [0.717, 1.165) is 18.5 Å². The second kappa shape index (κ2) is 6.74. The highest BCUT2D eigenvalue weighted by atomic mass is 16.3. The molecule has 0 radical (unpaired) electrons. The van der Waals surface area contributed by atoms with Crippen molar-refractivity contribution in [2.24, 2.45) is 0 Å². The summed E-state index contributed by atoms with van der Waals surface area (Å²) in [5.74, 6) is 0.00778. The Labute approximate surface area is 122 Å². The Morgan fingerprint density at radius 2 is 2.29 bits per heavy atom. The van der Waals surface area contributed by atoms with Gasteiger partial charge in [0.2, 0.25) is 5.91 Å². The molecule has 2 aromatic rings. The number of H-pyrrole nitrogens is 1. The Kier molecular flexibility index (Phi) is 4.76. The van der Waals surface area contributed by atoms with Gasteiger partial charge in [-0.15, -0.1) is 0 Å². The van der Waals surface area contributed by atoms with Crippen LogP contribution < -0.4 is 5.32 Å². The molecule has 0 unspecified atom stereocenters. The molecule has 112 valence electrons. The second-order valence-electron chi connectivity index (χ2n) is 4.72. The summed E-state index contributed by atoms with van der Waals surface area (Å²) in [7, 11) is 1.54. The Hall–Kier alpha value is -2.57. The molecule has 0 atom stereocenters. The van der Waals surface area contributed by atoms with Crippen molar-refractivity contribution in [3.63, 3.8) is 0 Å². The van der Waals surface area contributed by atoms with Gasteiger partial charge in [0.05, 0.1) is 6.26 Å². The molecule has 2 N–H and O–H groups in total. The molecule has 2 amide bonds. The summed E-state index contributed by atoms with van der Waals surface area (Å²) in [5, 5.41) is 9.49. The molecule has 21 heavy (non-hydrogen) atoms. The summed E-state index contributed by atoms with van der Waals surface area (Å²) in [6.45, 7) is 1.99. The van der Waals surface area contributed by atoms with E-state index in [1.165, 1.54) is 18.2 Å². The highest BCUT2D eigenvalue weighted by Gasteiger charge is 2.17. The van der Waals surface area contributed by atoms with E-state index < -0.39 is 0 Å². The lowest BCUT2D eigenvalue weighted by Crippen LogP contribution is -2.34. The zero-order valence-electron chi connectivity index (χ0n) is 12.0. The number of nitrogens with zero attached hydrogens (tertiary/aromatic N) is 2. The van der Waals surface area contributed by atoms with Crippen LogP contribution in [0.5, 0.6) is 0 Å². The van der Waals surface area contributed by atoms with Crippen LogP contribution in [0.1, 0.15) is 29.6 Å². The molecule has 0 aliphatic heterocycles. The molecule has 2 heterocycles. The minimum Gasteiger partial charge on any atom is -0.459 e. The number of amides is 2. The number of aryl methyl sites for hydroxylation is 1. The number of aromatic amines is 1. The standard InChI is InChI=1S/C14H18N4O3/c1-3-5-10-8-12(17-16-10)15-13(19)9-18(2)14(20)11-6-4-7-21-11/h4,6-8H,3,5,9H2,1-2H3,(H2,15,16,17,19). The highest BCUT2D eigenvalue weighted by molar-refractivity contribution is 5.97. The van der Waals surface area contributed by atoms with Crippen molar-refractivity contribution in [2.45, 2.75) is 19.8 Å². The number of carbonyl (C=O) groups is 2. The molecule has 0 aliphatic rings. The van der Waals surface area contributed by atoms with Crippen molar-refractivity contribution in [1.29, 1.82) is 0 Å². The Morgan fingerprint density at radius 3 is 2.95 bits per heavy atom. The van der Waals surface area contributed by atoms with Crippen LogP contribution in [0, 0.1) is 0 Å². The van der Waals surface area contributed by atoms with Gasteiger partial charge in [0.1, 0.15) is 6.54 Å². The van der Waals surface area contributed by atoms with Gasteiger partial charge in [-0.25, -0.2) is 0 Å². The van der Waals surface area contributed by atoms with E-state index >= 15 is 0 Å². The summed E-state index contributed by atoms with van der Waals surface area (Å²) in [6.07, 6.45) is 3.29. The largest absolute Gasteiger partial charge is 0.459 e. The van der Waals surface area contributed by atoms with Crippen LogP contribution in [0.25, 0.3) is 0 Å². The maximum atomic E-state index is 11.9. The van der Waals surface area contributed by atoms with Gasteiger partial charge in [0, 0.05) is 18.8 Å². The zero-order valence-corrected chi connectivity index (χ0v) is 12.0. The number of aromatic nitrogens is 2. The number of hydrogen-bond donors (Lipinski definition) is 2. The highest BCUT2D eigenvalue weighted by Crippen LogP contribution is 2.08. The summed E-state index contributed by atoms with van der Waals surface area (Å²) in [6, 6.07) is 4.97. The lowest BCUT2D eigenvalue weighted by atomic mass is 10.2. The maximum Gasteiger partial charge on any atom is 0.289 e.